The molecule has 1 aliphatic heterocycles. The highest BCUT2D eigenvalue weighted by Crippen LogP contribution is 2.25. The van der Waals surface area contributed by atoms with Gasteiger partial charge in [0.2, 0.25) is 10.0 Å². The van der Waals surface area contributed by atoms with Crippen molar-refractivity contribution in [2.24, 2.45) is 5.92 Å². The fraction of sp³-hybridized carbons (Fsp3) is 0.435. The zero-order valence-corrected chi connectivity index (χ0v) is 18.6. The third kappa shape index (κ3) is 5.21. The van der Waals surface area contributed by atoms with E-state index in [-0.39, 0.29) is 16.8 Å². The highest BCUT2D eigenvalue weighted by atomic mass is 32.2. The van der Waals surface area contributed by atoms with Crippen LogP contribution >= 0.6 is 0 Å². The van der Waals surface area contributed by atoms with Crippen molar-refractivity contribution in [3.8, 4) is 5.75 Å². The highest BCUT2D eigenvalue weighted by Gasteiger charge is 2.27. The van der Waals surface area contributed by atoms with Crippen molar-refractivity contribution in [2.45, 2.75) is 44.0 Å². The molecule has 0 unspecified atom stereocenters. The Bertz CT molecular complexity index is 948. The minimum Gasteiger partial charge on any atom is -0.497 e. The first-order valence-electron chi connectivity index (χ1n) is 10.4. The first kappa shape index (κ1) is 22.3. The van der Waals surface area contributed by atoms with Crippen molar-refractivity contribution >= 4 is 15.9 Å². The number of rotatable bonds is 8. The Hall–Kier alpha value is -2.38. The number of ether oxygens (including phenoxy) is 1. The van der Waals surface area contributed by atoms with Gasteiger partial charge >= 0.3 is 0 Å². The summed E-state index contributed by atoms with van der Waals surface area (Å²) in [6, 6.07) is 13.7. The molecule has 1 saturated heterocycles. The molecule has 0 saturated carbocycles. The summed E-state index contributed by atoms with van der Waals surface area (Å²) >= 11 is 0. The van der Waals surface area contributed by atoms with Gasteiger partial charge in [-0.3, -0.25) is 4.79 Å². The summed E-state index contributed by atoms with van der Waals surface area (Å²) in [5.41, 5.74) is 1.45. The van der Waals surface area contributed by atoms with Gasteiger partial charge in [-0.2, -0.15) is 4.31 Å². The molecule has 1 fully saturated rings. The number of benzene rings is 2. The number of amides is 1. The minimum atomic E-state index is -3.48. The van der Waals surface area contributed by atoms with Crippen molar-refractivity contribution in [1.82, 2.24) is 9.62 Å². The number of sulfonamides is 1. The predicted molar refractivity (Wildman–Crippen MR) is 117 cm³/mol. The Kier molecular flexibility index (Phi) is 7.15. The molecule has 1 N–H and O–H groups in total. The predicted octanol–water partition coefficient (Wildman–Crippen LogP) is 4.00. The first-order valence-corrected chi connectivity index (χ1v) is 11.8. The third-order valence-electron chi connectivity index (χ3n) is 5.35. The molecule has 162 valence electrons. The summed E-state index contributed by atoms with van der Waals surface area (Å²) in [4.78, 5) is 13.1. The van der Waals surface area contributed by atoms with Gasteiger partial charge in [-0.15, -0.1) is 0 Å². The van der Waals surface area contributed by atoms with Crippen LogP contribution in [0.1, 0.15) is 55.1 Å². The van der Waals surface area contributed by atoms with E-state index in [0.717, 1.165) is 30.6 Å². The molecular weight excluding hydrogens is 400 g/mol. The number of nitrogens with one attached hydrogen (secondary N) is 1. The number of carbonyl (C=O) groups is 1. The van der Waals surface area contributed by atoms with Crippen molar-refractivity contribution in [3.63, 3.8) is 0 Å². The number of methoxy groups -OCH3 is 1. The summed E-state index contributed by atoms with van der Waals surface area (Å²) in [6.45, 7) is 5.34. The Labute approximate surface area is 179 Å². The fourth-order valence-corrected chi connectivity index (χ4v) is 5.20. The lowest BCUT2D eigenvalue weighted by molar-refractivity contribution is 0.0932. The highest BCUT2D eigenvalue weighted by molar-refractivity contribution is 7.89. The van der Waals surface area contributed by atoms with Crippen molar-refractivity contribution in [2.75, 3.05) is 20.2 Å². The molecule has 7 heteroatoms. The van der Waals surface area contributed by atoms with Crippen molar-refractivity contribution in [1.29, 1.82) is 0 Å². The quantitative estimate of drug-likeness (QED) is 0.687. The topological polar surface area (TPSA) is 75.7 Å². The summed E-state index contributed by atoms with van der Waals surface area (Å²) in [5, 5.41) is 3.09. The Morgan fingerprint density at radius 2 is 1.63 bits per heavy atom. The summed E-state index contributed by atoms with van der Waals surface area (Å²) in [7, 11) is -1.86. The van der Waals surface area contributed by atoms with Crippen LogP contribution in [0, 0.1) is 5.92 Å². The Morgan fingerprint density at radius 1 is 1.03 bits per heavy atom. The van der Waals surface area contributed by atoms with Crippen LogP contribution in [0.15, 0.2) is 53.4 Å². The lowest BCUT2D eigenvalue weighted by Gasteiger charge is -2.22. The van der Waals surface area contributed by atoms with Gasteiger partial charge in [-0.25, -0.2) is 8.42 Å². The van der Waals surface area contributed by atoms with E-state index in [2.05, 4.69) is 19.2 Å². The number of hydrogen-bond acceptors (Lipinski definition) is 4. The van der Waals surface area contributed by atoms with Gasteiger partial charge in [0.05, 0.1) is 18.0 Å². The summed E-state index contributed by atoms with van der Waals surface area (Å²) in [5.74, 6) is 0.940. The van der Waals surface area contributed by atoms with E-state index in [1.807, 2.05) is 24.3 Å². The van der Waals surface area contributed by atoms with Crippen LogP contribution in [0.2, 0.25) is 0 Å². The van der Waals surface area contributed by atoms with E-state index in [1.165, 1.54) is 16.4 Å². The van der Waals surface area contributed by atoms with E-state index in [4.69, 9.17) is 4.74 Å². The first-order chi connectivity index (χ1) is 14.3. The molecule has 0 spiro atoms. The molecule has 1 heterocycles. The maximum atomic E-state index is 12.9. The van der Waals surface area contributed by atoms with Crippen LogP contribution in [0.4, 0.5) is 0 Å². The monoisotopic (exact) mass is 430 g/mol. The van der Waals surface area contributed by atoms with Crippen LogP contribution in [0.25, 0.3) is 0 Å². The summed E-state index contributed by atoms with van der Waals surface area (Å²) < 4.78 is 32.1. The van der Waals surface area contributed by atoms with Crippen molar-refractivity contribution in [3.05, 3.63) is 59.7 Å². The second-order valence-electron chi connectivity index (χ2n) is 8.06. The van der Waals surface area contributed by atoms with Gasteiger partial charge in [-0.05, 0) is 67.1 Å². The zero-order valence-electron chi connectivity index (χ0n) is 17.8. The maximum Gasteiger partial charge on any atom is 0.251 e. The Morgan fingerprint density at radius 3 is 2.17 bits per heavy atom. The molecule has 0 bridgehead atoms. The fourth-order valence-electron chi connectivity index (χ4n) is 3.68. The van der Waals surface area contributed by atoms with Crippen LogP contribution < -0.4 is 10.1 Å². The van der Waals surface area contributed by atoms with Gasteiger partial charge in [0, 0.05) is 18.7 Å². The molecule has 0 radical (unpaired) electrons. The van der Waals surface area contributed by atoms with Gasteiger partial charge in [0.1, 0.15) is 5.75 Å². The van der Waals surface area contributed by atoms with E-state index < -0.39 is 10.0 Å². The van der Waals surface area contributed by atoms with Crippen LogP contribution in [0.5, 0.6) is 5.75 Å². The number of carbonyl (C=O) groups excluding carboxylic acids is 1. The molecule has 1 amide bonds. The molecule has 30 heavy (non-hydrogen) atoms. The van der Waals surface area contributed by atoms with Gasteiger partial charge in [0.25, 0.3) is 5.91 Å². The Balaban J connectivity index is 1.75. The summed E-state index contributed by atoms with van der Waals surface area (Å²) in [6.07, 6.45) is 2.57. The van der Waals surface area contributed by atoms with Crippen molar-refractivity contribution < 1.29 is 17.9 Å². The average molecular weight is 431 g/mol. The van der Waals surface area contributed by atoms with Gasteiger partial charge in [-0.1, -0.05) is 26.0 Å². The lowest BCUT2D eigenvalue weighted by Crippen LogP contribution is -2.30. The smallest absolute Gasteiger partial charge is 0.251 e. The molecule has 0 aromatic heterocycles. The number of nitrogens with zero attached hydrogens (tertiary/aromatic N) is 1. The molecular formula is C23H30N2O4S. The van der Waals surface area contributed by atoms with Gasteiger partial charge < -0.3 is 10.1 Å². The zero-order chi connectivity index (χ0) is 21.7. The van der Waals surface area contributed by atoms with Crippen LogP contribution in [-0.4, -0.2) is 38.8 Å². The second-order valence-corrected chi connectivity index (χ2v) is 10.0. The van der Waals surface area contributed by atoms with E-state index >= 15 is 0 Å². The molecule has 6 nitrogen and oxygen atoms in total. The third-order valence-corrected chi connectivity index (χ3v) is 7.26. The molecule has 1 aliphatic rings. The van der Waals surface area contributed by atoms with Gasteiger partial charge in [0.15, 0.2) is 0 Å². The van der Waals surface area contributed by atoms with E-state index in [0.29, 0.717) is 24.6 Å². The molecule has 1 atom stereocenters. The normalized spacial score (nSPS) is 15.9. The lowest BCUT2D eigenvalue weighted by atomic mass is 9.96. The second kappa shape index (κ2) is 9.62. The average Bonchev–Trinajstić information content (AvgIpc) is 3.29. The van der Waals surface area contributed by atoms with Crippen LogP contribution in [0.3, 0.4) is 0 Å². The minimum absolute atomic E-state index is 0.142. The SMILES string of the molecule is COc1ccc([C@@H](CC(C)C)NC(=O)c2ccc(S(=O)(=O)N3CCCC3)cc2)cc1. The van der Waals surface area contributed by atoms with E-state index in [9.17, 15) is 13.2 Å². The molecule has 0 aliphatic carbocycles. The van der Waals surface area contributed by atoms with Crippen LogP contribution in [-0.2, 0) is 10.0 Å². The standard InChI is InChI=1S/C23H30N2O4S/c1-17(2)16-22(18-6-10-20(29-3)11-7-18)24-23(26)19-8-12-21(13-9-19)30(27,28)25-14-4-5-15-25/h6-13,17,22H,4-5,14-16H2,1-3H3,(H,24,26)/t22-/m1/s1. The molecule has 3 rings (SSSR count). The largest absolute Gasteiger partial charge is 0.497 e. The maximum absolute atomic E-state index is 12.9. The van der Waals surface area contributed by atoms with E-state index in [1.54, 1.807) is 19.2 Å². The number of hydrogen-bond donors (Lipinski definition) is 1. The molecule has 2 aromatic rings. The molecule has 2 aromatic carbocycles.